The third-order valence-electron chi connectivity index (χ3n) is 2.36. The first kappa shape index (κ1) is 12.4. The molecule has 0 spiro atoms. The number of Topliss-reactive ketones (excluding diaryl/α,β-unsaturated/α-hetero) is 1. The molecule has 88 valence electrons. The van der Waals surface area contributed by atoms with E-state index < -0.39 is 0 Å². The zero-order valence-electron chi connectivity index (χ0n) is 9.53. The number of carbonyl (C=O) groups is 1. The van der Waals surface area contributed by atoms with E-state index >= 15 is 0 Å². The Kier molecular flexibility index (Phi) is 3.69. The number of aromatic nitrogens is 2. The average Bonchev–Trinajstić information content (AvgIpc) is 2.67. The van der Waals surface area contributed by atoms with Crippen molar-refractivity contribution < 1.29 is 4.79 Å². The van der Waals surface area contributed by atoms with Gasteiger partial charge in [0, 0.05) is 26.7 Å². The molecule has 2 aromatic rings. The third kappa shape index (κ3) is 2.98. The summed E-state index contributed by atoms with van der Waals surface area (Å²) in [6.07, 6.45) is 0.419. The quantitative estimate of drug-likeness (QED) is 0.817. The molecule has 0 saturated carbocycles. The van der Waals surface area contributed by atoms with Crippen LogP contribution in [0, 0.1) is 13.8 Å². The standard InChI is InChI=1S/C12H11BrN2OS/c1-7-3-11(8(2)15-14-7)12(16)5-10-4-9(13)6-17-10/h3-4,6H,5H2,1-2H3. The Morgan fingerprint density at radius 3 is 2.76 bits per heavy atom. The normalized spacial score (nSPS) is 10.5. The second kappa shape index (κ2) is 5.06. The van der Waals surface area contributed by atoms with Gasteiger partial charge in [0.1, 0.15) is 0 Å². The van der Waals surface area contributed by atoms with Crippen LogP contribution in [0.25, 0.3) is 0 Å². The summed E-state index contributed by atoms with van der Waals surface area (Å²) >= 11 is 4.96. The summed E-state index contributed by atoms with van der Waals surface area (Å²) in [6.45, 7) is 3.65. The van der Waals surface area contributed by atoms with Crippen LogP contribution in [-0.4, -0.2) is 16.0 Å². The molecular formula is C12H11BrN2OS. The number of halogens is 1. The molecule has 17 heavy (non-hydrogen) atoms. The molecule has 0 radical (unpaired) electrons. The Labute approximate surface area is 112 Å². The molecule has 0 fully saturated rings. The van der Waals surface area contributed by atoms with E-state index in [0.717, 1.165) is 15.0 Å². The first-order chi connectivity index (χ1) is 8.06. The molecule has 2 heterocycles. The maximum absolute atomic E-state index is 12.1. The first-order valence-corrected chi connectivity index (χ1v) is 6.80. The van der Waals surface area contributed by atoms with E-state index in [4.69, 9.17) is 0 Å². The second-order valence-corrected chi connectivity index (χ2v) is 5.73. The Bertz CT molecular complexity index is 565. The van der Waals surface area contributed by atoms with Gasteiger partial charge in [0.05, 0.1) is 11.4 Å². The largest absolute Gasteiger partial charge is 0.294 e. The van der Waals surface area contributed by atoms with Crippen LogP contribution in [0.1, 0.15) is 26.6 Å². The molecule has 0 aliphatic rings. The summed E-state index contributed by atoms with van der Waals surface area (Å²) in [5, 5.41) is 9.87. The van der Waals surface area contributed by atoms with Crippen LogP contribution in [0.4, 0.5) is 0 Å². The Balaban J connectivity index is 2.22. The number of rotatable bonds is 3. The van der Waals surface area contributed by atoms with Crippen molar-refractivity contribution in [3.05, 3.63) is 43.8 Å². The lowest BCUT2D eigenvalue weighted by Gasteiger charge is -2.03. The lowest BCUT2D eigenvalue weighted by Crippen LogP contribution is -2.07. The van der Waals surface area contributed by atoms with Gasteiger partial charge in [-0.1, -0.05) is 0 Å². The lowest BCUT2D eigenvalue weighted by atomic mass is 10.1. The highest BCUT2D eigenvalue weighted by Gasteiger charge is 2.12. The van der Waals surface area contributed by atoms with Gasteiger partial charge in [0.25, 0.3) is 0 Å². The van der Waals surface area contributed by atoms with E-state index in [0.29, 0.717) is 17.7 Å². The van der Waals surface area contributed by atoms with Crippen LogP contribution in [0.3, 0.4) is 0 Å². The van der Waals surface area contributed by atoms with Crippen molar-refractivity contribution in [3.8, 4) is 0 Å². The van der Waals surface area contributed by atoms with Crippen molar-refractivity contribution in [2.45, 2.75) is 20.3 Å². The van der Waals surface area contributed by atoms with Gasteiger partial charge in [-0.3, -0.25) is 4.79 Å². The van der Waals surface area contributed by atoms with E-state index in [2.05, 4.69) is 26.1 Å². The lowest BCUT2D eigenvalue weighted by molar-refractivity contribution is 0.0992. The minimum Gasteiger partial charge on any atom is -0.294 e. The van der Waals surface area contributed by atoms with Crippen molar-refractivity contribution in [1.29, 1.82) is 0 Å². The molecule has 3 nitrogen and oxygen atoms in total. The Morgan fingerprint density at radius 2 is 2.12 bits per heavy atom. The number of ketones is 1. The molecular weight excluding hydrogens is 300 g/mol. The van der Waals surface area contributed by atoms with Gasteiger partial charge < -0.3 is 0 Å². The molecule has 0 aliphatic carbocycles. The van der Waals surface area contributed by atoms with Crippen LogP contribution in [0.15, 0.2) is 22.0 Å². The molecule has 0 atom stereocenters. The topological polar surface area (TPSA) is 42.9 Å². The molecule has 0 aromatic carbocycles. The fourth-order valence-electron chi connectivity index (χ4n) is 1.53. The first-order valence-electron chi connectivity index (χ1n) is 5.13. The van der Waals surface area contributed by atoms with Crippen molar-refractivity contribution in [2.24, 2.45) is 0 Å². The monoisotopic (exact) mass is 310 g/mol. The number of thiophene rings is 1. The van der Waals surface area contributed by atoms with Gasteiger partial charge in [-0.05, 0) is 41.9 Å². The molecule has 0 aliphatic heterocycles. The molecule has 0 N–H and O–H groups in total. The van der Waals surface area contributed by atoms with Crippen molar-refractivity contribution >= 4 is 33.0 Å². The number of aryl methyl sites for hydroxylation is 2. The maximum Gasteiger partial charge on any atom is 0.170 e. The van der Waals surface area contributed by atoms with Crippen LogP contribution < -0.4 is 0 Å². The number of hydrogen-bond acceptors (Lipinski definition) is 4. The van der Waals surface area contributed by atoms with Crippen LogP contribution in [0.2, 0.25) is 0 Å². The summed E-state index contributed by atoms with van der Waals surface area (Å²) < 4.78 is 1.02. The molecule has 0 unspecified atom stereocenters. The third-order valence-corrected chi connectivity index (χ3v) is 4.06. The average molecular weight is 311 g/mol. The van der Waals surface area contributed by atoms with Crippen molar-refractivity contribution in [1.82, 2.24) is 10.2 Å². The highest BCUT2D eigenvalue weighted by atomic mass is 79.9. The van der Waals surface area contributed by atoms with Crippen LogP contribution in [-0.2, 0) is 6.42 Å². The molecule has 2 aromatic heterocycles. The van der Waals surface area contributed by atoms with E-state index in [1.807, 2.05) is 25.3 Å². The molecule has 2 rings (SSSR count). The summed E-state index contributed by atoms with van der Waals surface area (Å²) in [4.78, 5) is 13.2. The number of carbonyl (C=O) groups excluding carboxylic acids is 1. The summed E-state index contributed by atoms with van der Waals surface area (Å²) in [7, 11) is 0. The van der Waals surface area contributed by atoms with E-state index in [1.54, 1.807) is 17.4 Å². The summed E-state index contributed by atoms with van der Waals surface area (Å²) in [6, 6.07) is 3.77. The van der Waals surface area contributed by atoms with Gasteiger partial charge in [-0.15, -0.1) is 11.3 Å². The zero-order chi connectivity index (χ0) is 12.4. The molecule has 0 saturated heterocycles. The fourth-order valence-corrected chi connectivity index (χ4v) is 2.98. The van der Waals surface area contributed by atoms with Crippen LogP contribution >= 0.6 is 27.3 Å². The minimum atomic E-state index is 0.0925. The second-order valence-electron chi connectivity index (χ2n) is 3.82. The Hall–Kier alpha value is -1.07. The smallest absolute Gasteiger partial charge is 0.170 e. The highest BCUT2D eigenvalue weighted by Crippen LogP contribution is 2.21. The van der Waals surface area contributed by atoms with E-state index in [9.17, 15) is 4.79 Å². The van der Waals surface area contributed by atoms with Crippen molar-refractivity contribution in [2.75, 3.05) is 0 Å². The Morgan fingerprint density at radius 1 is 1.35 bits per heavy atom. The van der Waals surface area contributed by atoms with Crippen LogP contribution in [0.5, 0.6) is 0 Å². The SMILES string of the molecule is Cc1cc(C(=O)Cc2cc(Br)cs2)c(C)nn1. The number of nitrogens with zero attached hydrogens (tertiary/aromatic N) is 2. The zero-order valence-corrected chi connectivity index (χ0v) is 11.9. The molecule has 5 heteroatoms. The van der Waals surface area contributed by atoms with Gasteiger partial charge in [-0.2, -0.15) is 10.2 Å². The predicted molar refractivity (Wildman–Crippen MR) is 71.6 cm³/mol. The minimum absolute atomic E-state index is 0.0925. The molecule has 0 bridgehead atoms. The van der Waals surface area contributed by atoms with Gasteiger partial charge in [0.15, 0.2) is 5.78 Å². The van der Waals surface area contributed by atoms with Gasteiger partial charge in [0.2, 0.25) is 0 Å². The highest BCUT2D eigenvalue weighted by molar-refractivity contribution is 9.10. The maximum atomic E-state index is 12.1. The van der Waals surface area contributed by atoms with E-state index in [1.165, 1.54) is 0 Å². The summed E-state index contributed by atoms with van der Waals surface area (Å²) in [5.74, 6) is 0.0925. The summed E-state index contributed by atoms with van der Waals surface area (Å²) in [5.41, 5.74) is 2.13. The van der Waals surface area contributed by atoms with Crippen molar-refractivity contribution in [3.63, 3.8) is 0 Å². The van der Waals surface area contributed by atoms with E-state index in [-0.39, 0.29) is 5.78 Å². The van der Waals surface area contributed by atoms with Gasteiger partial charge >= 0.3 is 0 Å². The van der Waals surface area contributed by atoms with Gasteiger partial charge in [-0.25, -0.2) is 0 Å². The number of hydrogen-bond donors (Lipinski definition) is 0. The fraction of sp³-hybridized carbons (Fsp3) is 0.250. The predicted octanol–water partition coefficient (Wildman–Crippen LogP) is 3.34. The molecule has 0 amide bonds.